The Morgan fingerprint density at radius 1 is 0.854 bits per heavy atom. The van der Waals surface area contributed by atoms with Crippen LogP contribution in [0.3, 0.4) is 0 Å². The van der Waals surface area contributed by atoms with Crippen LogP contribution in [0, 0.1) is 0 Å². The molecule has 0 bridgehead atoms. The van der Waals surface area contributed by atoms with Crippen molar-refractivity contribution in [2.75, 3.05) is 43.8 Å². The molecular weight excluding hydrogens is 518 g/mol. The van der Waals surface area contributed by atoms with E-state index in [4.69, 9.17) is 14.2 Å². The second-order valence-corrected chi connectivity index (χ2v) is 10.7. The van der Waals surface area contributed by atoms with Crippen LogP contribution < -0.4 is 24.4 Å². The van der Waals surface area contributed by atoms with E-state index in [2.05, 4.69) is 16.3 Å². The van der Waals surface area contributed by atoms with Crippen molar-refractivity contribution in [3.8, 4) is 17.2 Å². The first-order valence-electron chi connectivity index (χ1n) is 14.5. The van der Waals surface area contributed by atoms with Gasteiger partial charge in [0, 0.05) is 30.5 Å². The number of carbonyl (C=O) groups is 2. The Balaban J connectivity index is 1.33. The van der Waals surface area contributed by atoms with Gasteiger partial charge in [-0.2, -0.15) is 0 Å². The highest BCUT2D eigenvalue weighted by Crippen LogP contribution is 2.34. The van der Waals surface area contributed by atoms with E-state index >= 15 is 0 Å². The lowest BCUT2D eigenvalue weighted by atomic mass is 10.1. The number of anilines is 2. The standard InChI is InChI=1S/C33H39N3O5/c1-39-28-13-10-11-25(19-28)20-33(38)36-18-9-5-3-2-4-8-17-35(22-26-12-6-7-14-29(26)36)23-32(37)34-27-15-16-30-31(21-27)41-24-40-30/h6-7,10-16,19,21H,2-5,8-9,17-18,20,22-24H2,1H3,(H,34,37). The summed E-state index contributed by atoms with van der Waals surface area (Å²) in [5.41, 5.74) is 3.57. The molecule has 0 saturated carbocycles. The van der Waals surface area contributed by atoms with Crippen molar-refractivity contribution in [2.24, 2.45) is 0 Å². The summed E-state index contributed by atoms with van der Waals surface area (Å²) in [6.45, 7) is 2.50. The summed E-state index contributed by atoms with van der Waals surface area (Å²) in [4.78, 5) is 31.0. The molecule has 0 unspecified atom stereocenters. The average Bonchev–Trinajstić information content (AvgIpc) is 3.45. The number of fused-ring (bicyclic) bond motifs is 2. The summed E-state index contributed by atoms with van der Waals surface area (Å²) in [5, 5.41) is 3.01. The lowest BCUT2D eigenvalue weighted by Gasteiger charge is -2.28. The van der Waals surface area contributed by atoms with Crippen molar-refractivity contribution in [3.63, 3.8) is 0 Å². The Labute approximate surface area is 242 Å². The number of rotatable bonds is 6. The van der Waals surface area contributed by atoms with E-state index in [0.29, 0.717) is 36.7 Å². The average molecular weight is 558 g/mol. The van der Waals surface area contributed by atoms with Crippen molar-refractivity contribution < 1.29 is 23.8 Å². The Bertz CT molecular complexity index is 1340. The zero-order valence-electron chi connectivity index (χ0n) is 23.8. The zero-order valence-corrected chi connectivity index (χ0v) is 23.8. The van der Waals surface area contributed by atoms with Crippen LogP contribution in [0.5, 0.6) is 17.2 Å². The van der Waals surface area contributed by atoms with Gasteiger partial charge in [0.15, 0.2) is 11.5 Å². The number of hydrogen-bond donors (Lipinski definition) is 1. The van der Waals surface area contributed by atoms with E-state index in [1.54, 1.807) is 13.2 Å². The zero-order chi connectivity index (χ0) is 28.4. The molecule has 2 aliphatic rings. The molecule has 0 fully saturated rings. The summed E-state index contributed by atoms with van der Waals surface area (Å²) in [6.07, 6.45) is 6.80. The lowest BCUT2D eigenvalue weighted by Crippen LogP contribution is -2.36. The smallest absolute Gasteiger partial charge is 0.238 e. The number of ether oxygens (including phenoxy) is 3. The molecule has 2 heterocycles. The maximum atomic E-state index is 13.7. The van der Waals surface area contributed by atoms with Crippen molar-refractivity contribution in [1.29, 1.82) is 0 Å². The van der Waals surface area contributed by atoms with E-state index in [0.717, 1.165) is 67.6 Å². The second kappa shape index (κ2) is 14.0. The minimum absolute atomic E-state index is 0.0627. The Morgan fingerprint density at radius 3 is 2.49 bits per heavy atom. The molecule has 2 amide bonds. The number of nitrogens with zero attached hydrogens (tertiary/aromatic N) is 2. The lowest BCUT2D eigenvalue weighted by molar-refractivity contribution is -0.118. The monoisotopic (exact) mass is 557 g/mol. The predicted molar refractivity (Wildman–Crippen MR) is 160 cm³/mol. The molecule has 1 N–H and O–H groups in total. The largest absolute Gasteiger partial charge is 0.497 e. The molecule has 0 atom stereocenters. The molecule has 8 nitrogen and oxygen atoms in total. The van der Waals surface area contributed by atoms with Crippen LogP contribution in [0.1, 0.15) is 49.7 Å². The van der Waals surface area contributed by atoms with Gasteiger partial charge in [-0.25, -0.2) is 0 Å². The second-order valence-electron chi connectivity index (χ2n) is 10.7. The highest BCUT2D eigenvalue weighted by Gasteiger charge is 2.22. The normalized spacial score (nSPS) is 16.1. The van der Waals surface area contributed by atoms with Crippen LogP contribution in [0.15, 0.2) is 66.7 Å². The van der Waals surface area contributed by atoms with E-state index in [-0.39, 0.29) is 25.2 Å². The van der Waals surface area contributed by atoms with Crippen molar-refractivity contribution >= 4 is 23.2 Å². The molecule has 8 heteroatoms. The molecule has 0 radical (unpaired) electrons. The van der Waals surface area contributed by atoms with Crippen LogP contribution in [-0.2, 0) is 22.6 Å². The molecule has 0 aromatic heterocycles. The quantitative estimate of drug-likeness (QED) is 0.413. The van der Waals surface area contributed by atoms with Gasteiger partial charge >= 0.3 is 0 Å². The van der Waals surface area contributed by atoms with Crippen LogP contribution in [0.25, 0.3) is 0 Å². The van der Waals surface area contributed by atoms with Gasteiger partial charge in [0.25, 0.3) is 0 Å². The minimum Gasteiger partial charge on any atom is -0.497 e. The number of amides is 2. The topological polar surface area (TPSA) is 80.3 Å². The summed E-state index contributed by atoms with van der Waals surface area (Å²) in [6, 6.07) is 21.2. The van der Waals surface area contributed by atoms with Gasteiger partial charge in [-0.3, -0.25) is 14.5 Å². The maximum Gasteiger partial charge on any atom is 0.238 e. The number of carbonyl (C=O) groups excluding carboxylic acids is 2. The third kappa shape index (κ3) is 7.79. The SMILES string of the molecule is COc1cccc(CC(=O)N2CCCCCCCCN(CC(=O)Nc3ccc4c(c3)OCO4)Cc3ccccc32)c1. The van der Waals surface area contributed by atoms with Crippen molar-refractivity contribution in [3.05, 3.63) is 77.9 Å². The van der Waals surface area contributed by atoms with Crippen molar-refractivity contribution in [1.82, 2.24) is 4.90 Å². The predicted octanol–water partition coefficient (Wildman–Crippen LogP) is 5.79. The van der Waals surface area contributed by atoms with Crippen molar-refractivity contribution in [2.45, 2.75) is 51.5 Å². The summed E-state index contributed by atoms with van der Waals surface area (Å²) < 4.78 is 16.2. The fraction of sp³-hybridized carbons (Fsp3) is 0.394. The molecule has 41 heavy (non-hydrogen) atoms. The summed E-state index contributed by atoms with van der Waals surface area (Å²) in [7, 11) is 1.64. The van der Waals surface area contributed by atoms with E-state index < -0.39 is 0 Å². The molecule has 3 aromatic rings. The van der Waals surface area contributed by atoms with Gasteiger partial charge in [-0.05, 0) is 60.8 Å². The minimum atomic E-state index is -0.0865. The third-order valence-corrected chi connectivity index (χ3v) is 7.60. The summed E-state index contributed by atoms with van der Waals surface area (Å²) in [5.74, 6) is 2.04. The maximum absolute atomic E-state index is 13.7. The number of hydrogen-bond acceptors (Lipinski definition) is 6. The molecule has 3 aromatic carbocycles. The first kappa shape index (κ1) is 28.5. The highest BCUT2D eigenvalue weighted by molar-refractivity contribution is 5.95. The highest BCUT2D eigenvalue weighted by atomic mass is 16.7. The van der Waals surface area contributed by atoms with E-state index in [9.17, 15) is 9.59 Å². The van der Waals surface area contributed by atoms with E-state index in [1.165, 1.54) is 0 Å². The first-order valence-corrected chi connectivity index (χ1v) is 14.5. The molecule has 0 aliphatic carbocycles. The van der Waals surface area contributed by atoms with Gasteiger partial charge < -0.3 is 24.4 Å². The van der Waals surface area contributed by atoms with Gasteiger partial charge in [0.2, 0.25) is 18.6 Å². The molecular formula is C33H39N3O5. The van der Waals surface area contributed by atoms with Gasteiger partial charge in [0.1, 0.15) is 5.75 Å². The van der Waals surface area contributed by atoms with Gasteiger partial charge in [0.05, 0.1) is 20.1 Å². The molecule has 5 rings (SSSR count). The van der Waals surface area contributed by atoms with Crippen LogP contribution in [-0.4, -0.2) is 50.3 Å². The fourth-order valence-corrected chi connectivity index (χ4v) is 5.49. The van der Waals surface area contributed by atoms with E-state index in [1.807, 2.05) is 59.5 Å². The number of benzene rings is 3. The fourth-order valence-electron chi connectivity index (χ4n) is 5.49. The number of nitrogens with one attached hydrogen (secondary N) is 1. The number of methoxy groups -OCH3 is 1. The number of para-hydroxylation sites is 1. The van der Waals surface area contributed by atoms with Crippen LogP contribution in [0.4, 0.5) is 11.4 Å². The van der Waals surface area contributed by atoms with Crippen LogP contribution >= 0.6 is 0 Å². The Hall–Kier alpha value is -4.04. The Kier molecular flexibility index (Phi) is 9.75. The van der Waals surface area contributed by atoms with Gasteiger partial charge in [-0.15, -0.1) is 0 Å². The Morgan fingerprint density at radius 2 is 1.63 bits per heavy atom. The molecule has 2 aliphatic heterocycles. The molecule has 216 valence electrons. The molecule has 0 saturated heterocycles. The van der Waals surface area contributed by atoms with Gasteiger partial charge in [-0.1, -0.05) is 56.0 Å². The molecule has 0 spiro atoms. The van der Waals surface area contributed by atoms with Crippen LogP contribution in [0.2, 0.25) is 0 Å². The first-order chi connectivity index (χ1) is 20.1. The summed E-state index contributed by atoms with van der Waals surface area (Å²) >= 11 is 0. The third-order valence-electron chi connectivity index (χ3n) is 7.60.